The average Bonchev–Trinajstić information content (AvgIpc) is 2.61. The second-order valence-corrected chi connectivity index (χ2v) is 8.03. The van der Waals surface area contributed by atoms with Crippen LogP contribution in [0.15, 0.2) is 53.4 Å². The zero-order chi connectivity index (χ0) is 17.9. The Hall–Kier alpha value is -2.34. The molecule has 0 atom stereocenters. The first-order chi connectivity index (χ1) is 12.0. The van der Waals surface area contributed by atoms with E-state index in [9.17, 15) is 13.2 Å². The van der Waals surface area contributed by atoms with Crippen LogP contribution in [0.5, 0.6) is 0 Å². The van der Waals surface area contributed by atoms with Crippen molar-refractivity contribution >= 4 is 21.6 Å². The van der Waals surface area contributed by atoms with E-state index in [0.717, 1.165) is 37.9 Å². The number of carbonyl (C=O) groups is 1. The largest absolute Gasteiger partial charge is 0.339 e. The topological polar surface area (TPSA) is 66.5 Å². The summed E-state index contributed by atoms with van der Waals surface area (Å²) in [5.74, 6) is -0.0321. The van der Waals surface area contributed by atoms with Crippen LogP contribution in [0.3, 0.4) is 0 Å². The number of carbonyl (C=O) groups excluding carboxylic acids is 1. The van der Waals surface area contributed by atoms with E-state index in [-0.39, 0.29) is 10.8 Å². The van der Waals surface area contributed by atoms with Gasteiger partial charge in [-0.25, -0.2) is 8.42 Å². The van der Waals surface area contributed by atoms with Crippen molar-refractivity contribution in [2.45, 2.75) is 31.1 Å². The Balaban J connectivity index is 1.75. The Labute approximate surface area is 148 Å². The van der Waals surface area contributed by atoms with Gasteiger partial charge in [0.25, 0.3) is 15.9 Å². The Morgan fingerprint density at radius 1 is 1.00 bits per heavy atom. The van der Waals surface area contributed by atoms with E-state index < -0.39 is 10.0 Å². The minimum Gasteiger partial charge on any atom is -0.339 e. The molecule has 0 saturated carbocycles. The fourth-order valence-electron chi connectivity index (χ4n) is 2.98. The number of rotatable bonds is 4. The lowest BCUT2D eigenvalue weighted by Crippen LogP contribution is -2.35. The van der Waals surface area contributed by atoms with Crippen molar-refractivity contribution in [3.63, 3.8) is 0 Å². The molecule has 25 heavy (non-hydrogen) atoms. The monoisotopic (exact) mass is 358 g/mol. The van der Waals surface area contributed by atoms with Gasteiger partial charge >= 0.3 is 0 Å². The van der Waals surface area contributed by atoms with Crippen LogP contribution in [-0.2, 0) is 10.0 Å². The predicted octanol–water partition coefficient (Wildman–Crippen LogP) is 3.42. The van der Waals surface area contributed by atoms with Gasteiger partial charge < -0.3 is 4.90 Å². The summed E-state index contributed by atoms with van der Waals surface area (Å²) < 4.78 is 27.5. The lowest BCUT2D eigenvalue weighted by atomic mass is 10.1. The summed E-state index contributed by atoms with van der Waals surface area (Å²) in [7, 11) is -3.67. The fraction of sp³-hybridized carbons (Fsp3) is 0.316. The van der Waals surface area contributed by atoms with Crippen molar-refractivity contribution in [1.82, 2.24) is 4.90 Å². The second-order valence-electron chi connectivity index (χ2n) is 6.35. The third-order valence-corrected chi connectivity index (χ3v) is 5.72. The zero-order valence-corrected chi connectivity index (χ0v) is 15.1. The molecule has 6 heteroatoms. The number of aryl methyl sites for hydroxylation is 1. The van der Waals surface area contributed by atoms with Crippen molar-refractivity contribution in [2.75, 3.05) is 17.8 Å². The molecule has 2 aromatic carbocycles. The quantitative estimate of drug-likeness (QED) is 0.911. The van der Waals surface area contributed by atoms with Gasteiger partial charge in [0.2, 0.25) is 0 Å². The molecule has 0 unspecified atom stereocenters. The van der Waals surface area contributed by atoms with Crippen molar-refractivity contribution in [2.24, 2.45) is 0 Å². The first kappa shape index (κ1) is 17.5. The summed E-state index contributed by atoms with van der Waals surface area (Å²) in [5, 5.41) is 0. The molecule has 0 bridgehead atoms. The molecule has 1 heterocycles. The van der Waals surface area contributed by atoms with E-state index in [4.69, 9.17) is 0 Å². The van der Waals surface area contributed by atoms with Crippen LogP contribution >= 0.6 is 0 Å². The first-order valence-electron chi connectivity index (χ1n) is 8.44. The molecule has 1 amide bonds. The lowest BCUT2D eigenvalue weighted by Gasteiger charge is -2.26. The SMILES string of the molecule is Cc1cccc(NS(=O)(=O)c2ccc(C(=O)N3CCCCC3)cc2)c1. The van der Waals surface area contributed by atoms with E-state index in [2.05, 4.69) is 4.72 Å². The summed E-state index contributed by atoms with van der Waals surface area (Å²) in [6.07, 6.45) is 3.21. The van der Waals surface area contributed by atoms with Gasteiger partial charge in [0.1, 0.15) is 0 Å². The molecular weight excluding hydrogens is 336 g/mol. The fourth-order valence-corrected chi connectivity index (χ4v) is 4.03. The maximum atomic E-state index is 12.5. The van der Waals surface area contributed by atoms with E-state index in [0.29, 0.717) is 11.3 Å². The maximum Gasteiger partial charge on any atom is 0.261 e. The summed E-state index contributed by atoms with van der Waals surface area (Å²) in [5.41, 5.74) is 2.02. The highest BCUT2D eigenvalue weighted by Gasteiger charge is 2.19. The Morgan fingerprint density at radius 3 is 2.32 bits per heavy atom. The number of sulfonamides is 1. The molecule has 0 radical (unpaired) electrons. The van der Waals surface area contributed by atoms with Gasteiger partial charge in [0.15, 0.2) is 0 Å². The van der Waals surface area contributed by atoms with Crippen LogP contribution in [0, 0.1) is 6.92 Å². The maximum absolute atomic E-state index is 12.5. The molecule has 0 aromatic heterocycles. The molecule has 0 aliphatic carbocycles. The minimum atomic E-state index is -3.67. The van der Waals surface area contributed by atoms with Crippen LogP contribution in [0.1, 0.15) is 35.2 Å². The van der Waals surface area contributed by atoms with Gasteiger partial charge in [-0.1, -0.05) is 12.1 Å². The second kappa shape index (κ2) is 7.27. The average molecular weight is 358 g/mol. The predicted molar refractivity (Wildman–Crippen MR) is 98.2 cm³/mol. The summed E-state index contributed by atoms with van der Waals surface area (Å²) in [6.45, 7) is 3.44. The van der Waals surface area contributed by atoms with Gasteiger partial charge in [0, 0.05) is 24.3 Å². The van der Waals surface area contributed by atoms with Crippen LogP contribution in [-0.4, -0.2) is 32.3 Å². The van der Waals surface area contributed by atoms with E-state index in [1.54, 1.807) is 30.3 Å². The number of hydrogen-bond donors (Lipinski definition) is 1. The Morgan fingerprint density at radius 2 is 1.68 bits per heavy atom. The first-order valence-corrected chi connectivity index (χ1v) is 9.93. The van der Waals surface area contributed by atoms with Gasteiger partial charge in [-0.15, -0.1) is 0 Å². The molecule has 3 rings (SSSR count). The third-order valence-electron chi connectivity index (χ3n) is 4.33. The van der Waals surface area contributed by atoms with Gasteiger partial charge in [0.05, 0.1) is 4.90 Å². The van der Waals surface area contributed by atoms with E-state index >= 15 is 0 Å². The summed E-state index contributed by atoms with van der Waals surface area (Å²) >= 11 is 0. The number of hydrogen-bond acceptors (Lipinski definition) is 3. The molecule has 1 N–H and O–H groups in total. The highest BCUT2D eigenvalue weighted by atomic mass is 32.2. The standard InChI is InChI=1S/C19H22N2O3S/c1-15-6-5-7-17(14-15)20-25(23,24)18-10-8-16(9-11-18)19(22)21-12-3-2-4-13-21/h5-11,14,20H,2-4,12-13H2,1H3. The van der Waals surface area contributed by atoms with Gasteiger partial charge in [-0.3, -0.25) is 9.52 Å². The zero-order valence-electron chi connectivity index (χ0n) is 14.2. The smallest absolute Gasteiger partial charge is 0.261 e. The van der Waals surface area contributed by atoms with Crippen LogP contribution in [0.25, 0.3) is 0 Å². The molecule has 0 spiro atoms. The van der Waals surface area contributed by atoms with Crippen LogP contribution in [0.2, 0.25) is 0 Å². The number of nitrogens with zero attached hydrogens (tertiary/aromatic N) is 1. The summed E-state index contributed by atoms with van der Waals surface area (Å²) in [6, 6.07) is 13.3. The Kier molecular flexibility index (Phi) is 5.08. The van der Waals surface area contributed by atoms with Crippen molar-refractivity contribution in [3.8, 4) is 0 Å². The van der Waals surface area contributed by atoms with Crippen LogP contribution < -0.4 is 4.72 Å². The highest BCUT2D eigenvalue weighted by molar-refractivity contribution is 7.92. The van der Waals surface area contributed by atoms with Gasteiger partial charge in [-0.2, -0.15) is 0 Å². The molecule has 5 nitrogen and oxygen atoms in total. The molecule has 1 fully saturated rings. The third kappa shape index (κ3) is 4.20. The molecule has 1 aliphatic heterocycles. The molecule has 132 valence electrons. The molecule has 2 aromatic rings. The molecule has 1 aliphatic rings. The molecular formula is C19H22N2O3S. The van der Waals surface area contributed by atoms with Crippen molar-refractivity contribution in [1.29, 1.82) is 0 Å². The lowest BCUT2D eigenvalue weighted by molar-refractivity contribution is 0.0724. The normalized spacial score (nSPS) is 15.0. The van der Waals surface area contributed by atoms with Crippen molar-refractivity contribution in [3.05, 3.63) is 59.7 Å². The van der Waals surface area contributed by atoms with Crippen LogP contribution in [0.4, 0.5) is 5.69 Å². The number of amides is 1. The number of nitrogens with one attached hydrogen (secondary N) is 1. The van der Waals surface area contributed by atoms with Crippen molar-refractivity contribution < 1.29 is 13.2 Å². The summed E-state index contributed by atoms with van der Waals surface area (Å²) in [4.78, 5) is 14.4. The number of piperidine rings is 1. The number of anilines is 1. The number of benzene rings is 2. The van der Waals surface area contributed by atoms with E-state index in [1.165, 1.54) is 12.1 Å². The molecule has 1 saturated heterocycles. The Bertz CT molecular complexity index is 854. The highest BCUT2D eigenvalue weighted by Crippen LogP contribution is 2.19. The van der Waals surface area contributed by atoms with Gasteiger partial charge in [-0.05, 0) is 68.1 Å². The number of likely N-dealkylation sites (tertiary alicyclic amines) is 1. The van der Waals surface area contributed by atoms with E-state index in [1.807, 2.05) is 17.9 Å². The minimum absolute atomic E-state index is 0.0321.